The zero-order chi connectivity index (χ0) is 39.8. The van der Waals surface area contributed by atoms with Crippen LogP contribution in [0.15, 0.2) is 194 Å². The minimum atomic E-state index is 0.858. The van der Waals surface area contributed by atoms with Gasteiger partial charge in [0.1, 0.15) is 0 Å². The number of benzene rings is 10. The molecule has 14 aromatic rings. The van der Waals surface area contributed by atoms with E-state index in [1.54, 1.807) is 0 Å². The first-order chi connectivity index (χ1) is 30.3. The van der Waals surface area contributed by atoms with Crippen LogP contribution in [-0.4, -0.2) is 19.1 Å². The maximum Gasteiger partial charge on any atom is 0.0994 e. The summed E-state index contributed by atoms with van der Waals surface area (Å²) in [5.74, 6) is 0. The Hall–Kier alpha value is -7.86. The van der Waals surface area contributed by atoms with Crippen LogP contribution in [0.2, 0.25) is 0 Å². The van der Waals surface area contributed by atoms with Gasteiger partial charge < -0.3 is 9.13 Å². The summed E-state index contributed by atoms with van der Waals surface area (Å²) < 4.78 is 7.50. The fourth-order valence-corrected chi connectivity index (χ4v) is 11.5. The quantitative estimate of drug-likeness (QED) is 0.178. The molecule has 0 saturated heterocycles. The molecular formula is C56H32N4S. The van der Waals surface area contributed by atoms with E-state index >= 15 is 0 Å². The van der Waals surface area contributed by atoms with Gasteiger partial charge in [0.2, 0.25) is 0 Å². The summed E-state index contributed by atoms with van der Waals surface area (Å²) in [6.07, 6.45) is 0. The first kappa shape index (κ1) is 33.0. The highest BCUT2D eigenvalue weighted by atomic mass is 32.1. The Kier molecular flexibility index (Phi) is 6.68. The minimum Gasteiger partial charge on any atom is -0.309 e. The lowest BCUT2D eigenvalue weighted by molar-refractivity contribution is 1.18. The third-order valence-corrected chi connectivity index (χ3v) is 14.0. The topological polar surface area (TPSA) is 35.6 Å². The summed E-state index contributed by atoms with van der Waals surface area (Å²) in [7, 11) is 0. The average molecular weight is 793 g/mol. The second kappa shape index (κ2) is 12.3. The number of rotatable bonds is 4. The molecule has 0 amide bonds. The lowest BCUT2D eigenvalue weighted by Crippen LogP contribution is -2.01. The molecule has 61 heavy (non-hydrogen) atoms. The predicted molar refractivity (Wildman–Crippen MR) is 258 cm³/mol. The minimum absolute atomic E-state index is 0.858. The third kappa shape index (κ3) is 4.53. The highest BCUT2D eigenvalue weighted by Gasteiger charge is 2.25. The highest BCUT2D eigenvalue weighted by molar-refractivity contribution is 7.24. The van der Waals surface area contributed by atoms with E-state index in [9.17, 15) is 0 Å². The van der Waals surface area contributed by atoms with E-state index in [1.807, 2.05) is 17.4 Å². The zero-order valence-electron chi connectivity index (χ0n) is 32.7. The summed E-state index contributed by atoms with van der Waals surface area (Å²) in [6, 6.07) is 70.4. The Morgan fingerprint density at radius 1 is 0.344 bits per heavy atom. The molecule has 10 aromatic carbocycles. The van der Waals surface area contributed by atoms with Crippen LogP contribution < -0.4 is 0 Å². The van der Waals surface area contributed by atoms with Gasteiger partial charge in [0, 0.05) is 63.9 Å². The molecule has 0 fully saturated rings. The Balaban J connectivity index is 1.09. The molecule has 0 radical (unpaired) electrons. The summed E-state index contributed by atoms with van der Waals surface area (Å²) in [6.45, 7) is 0. The molecule has 282 valence electrons. The number of hydrogen-bond donors (Lipinski definition) is 0. The molecule has 0 bridgehead atoms. The van der Waals surface area contributed by atoms with Crippen molar-refractivity contribution in [3.8, 4) is 33.9 Å². The first-order valence-corrected chi connectivity index (χ1v) is 21.6. The fourth-order valence-electron chi connectivity index (χ4n) is 10.3. The van der Waals surface area contributed by atoms with Crippen molar-refractivity contribution in [3.05, 3.63) is 194 Å². The van der Waals surface area contributed by atoms with E-state index in [1.165, 1.54) is 63.5 Å². The molecule has 0 N–H and O–H groups in total. The maximum absolute atomic E-state index is 5.53. The van der Waals surface area contributed by atoms with E-state index in [0.717, 1.165) is 66.7 Å². The van der Waals surface area contributed by atoms with Gasteiger partial charge in [-0.1, -0.05) is 127 Å². The molecule has 14 rings (SSSR count). The highest BCUT2D eigenvalue weighted by Crippen LogP contribution is 2.48. The van der Waals surface area contributed by atoms with Crippen molar-refractivity contribution in [2.24, 2.45) is 0 Å². The van der Waals surface area contributed by atoms with Crippen LogP contribution in [0, 0.1) is 0 Å². The lowest BCUT2D eigenvalue weighted by Gasteiger charge is -2.18. The van der Waals surface area contributed by atoms with Crippen molar-refractivity contribution in [1.82, 2.24) is 19.1 Å². The molecule has 4 nitrogen and oxygen atoms in total. The number of fused-ring (bicyclic) bond motifs is 5. The number of hydrogen-bond acceptors (Lipinski definition) is 3. The largest absolute Gasteiger partial charge is 0.309 e. The van der Waals surface area contributed by atoms with Crippen molar-refractivity contribution in [1.29, 1.82) is 0 Å². The van der Waals surface area contributed by atoms with Gasteiger partial charge >= 0.3 is 0 Å². The first-order valence-electron chi connectivity index (χ1n) is 20.8. The van der Waals surface area contributed by atoms with Gasteiger partial charge in [-0.25, -0.2) is 9.97 Å². The molecule has 0 aliphatic heterocycles. The molecule has 0 aliphatic carbocycles. The van der Waals surface area contributed by atoms with Crippen molar-refractivity contribution in [3.63, 3.8) is 0 Å². The molecule has 5 heteroatoms. The second-order valence-corrected chi connectivity index (χ2v) is 17.1. The molecule has 0 saturated carbocycles. The van der Waals surface area contributed by atoms with E-state index in [2.05, 4.69) is 197 Å². The van der Waals surface area contributed by atoms with Gasteiger partial charge in [0.05, 0.1) is 50.2 Å². The monoisotopic (exact) mass is 792 g/mol. The van der Waals surface area contributed by atoms with Crippen LogP contribution in [0.1, 0.15) is 0 Å². The molecule has 4 aromatic heterocycles. The van der Waals surface area contributed by atoms with E-state index < -0.39 is 0 Å². The van der Waals surface area contributed by atoms with Crippen LogP contribution in [0.5, 0.6) is 0 Å². The molecule has 0 atom stereocenters. The van der Waals surface area contributed by atoms with Crippen molar-refractivity contribution in [2.75, 3.05) is 0 Å². The Morgan fingerprint density at radius 3 is 1.62 bits per heavy atom. The Morgan fingerprint density at radius 2 is 0.918 bits per heavy atom. The molecule has 0 spiro atoms. The SMILES string of the molecule is c1ccc(-n2c3ccccc3c3cccc(-c4nc5ccccc5nc4-c4ccc(-n5c6ccc7cccc8sc9cccc%10ccc5c(c%109)c6c78)c5ccccc45)c32)cc1. The lowest BCUT2D eigenvalue weighted by atomic mass is 9.96. The van der Waals surface area contributed by atoms with Crippen LogP contribution in [0.4, 0.5) is 0 Å². The summed E-state index contributed by atoms with van der Waals surface area (Å²) in [5.41, 5.74) is 12.5. The number of aromatic nitrogens is 4. The Labute approximate surface area is 353 Å². The zero-order valence-corrected chi connectivity index (χ0v) is 33.5. The molecule has 0 unspecified atom stereocenters. The normalized spacial score (nSPS) is 12.3. The number of nitrogens with zero attached hydrogens (tertiary/aromatic N) is 4. The molecule has 4 heterocycles. The summed E-state index contributed by atoms with van der Waals surface area (Å²) in [4.78, 5) is 11.1. The summed E-state index contributed by atoms with van der Waals surface area (Å²) >= 11 is 1.89. The van der Waals surface area contributed by atoms with Crippen LogP contribution in [0.3, 0.4) is 0 Å². The fraction of sp³-hybridized carbons (Fsp3) is 0. The van der Waals surface area contributed by atoms with Gasteiger partial charge in [0.25, 0.3) is 0 Å². The van der Waals surface area contributed by atoms with Gasteiger partial charge in [-0.3, -0.25) is 0 Å². The summed E-state index contributed by atoms with van der Waals surface area (Å²) in [5, 5.41) is 12.5. The van der Waals surface area contributed by atoms with Crippen molar-refractivity contribution < 1.29 is 0 Å². The van der Waals surface area contributed by atoms with E-state index in [4.69, 9.17) is 9.97 Å². The van der Waals surface area contributed by atoms with Crippen LogP contribution in [-0.2, 0) is 0 Å². The second-order valence-electron chi connectivity index (χ2n) is 16.0. The third-order valence-electron chi connectivity index (χ3n) is 12.9. The van der Waals surface area contributed by atoms with Gasteiger partial charge in [-0.05, 0) is 82.9 Å². The van der Waals surface area contributed by atoms with Gasteiger partial charge in [0.15, 0.2) is 0 Å². The molecule has 0 aliphatic rings. The maximum atomic E-state index is 5.53. The smallest absolute Gasteiger partial charge is 0.0994 e. The van der Waals surface area contributed by atoms with E-state index in [-0.39, 0.29) is 0 Å². The van der Waals surface area contributed by atoms with Gasteiger partial charge in [-0.2, -0.15) is 0 Å². The van der Waals surface area contributed by atoms with Crippen LogP contribution >= 0.6 is 11.3 Å². The van der Waals surface area contributed by atoms with Gasteiger partial charge in [-0.15, -0.1) is 11.3 Å². The average Bonchev–Trinajstić information content (AvgIpc) is 3.79. The molecular weight excluding hydrogens is 761 g/mol. The standard InChI is InChI=1S/C56H32N4S/c1-2-15-35(16-3-1)59-44-24-9-6-19-38(44)40-20-12-21-41(56(40)59)55-54(57-42-22-7-8-23-43(42)58-55)39-29-32-45(37-18-5-4-17-36(37)39)60-46-30-27-33-13-10-25-48-50(33)52(46)53-47(60)31-28-34-14-11-26-49(61-48)51(34)53/h1-32H. The Bertz CT molecular complexity index is 4010. The van der Waals surface area contributed by atoms with Crippen molar-refractivity contribution >= 4 is 108 Å². The van der Waals surface area contributed by atoms with Crippen LogP contribution in [0.25, 0.3) is 130 Å². The number of para-hydroxylation sites is 5. The van der Waals surface area contributed by atoms with E-state index in [0.29, 0.717) is 0 Å². The predicted octanol–water partition coefficient (Wildman–Crippen LogP) is 15.3. The van der Waals surface area contributed by atoms with Crippen molar-refractivity contribution in [2.45, 2.75) is 0 Å².